The van der Waals surface area contributed by atoms with Gasteiger partial charge in [0.25, 0.3) is 0 Å². The minimum Gasteiger partial charge on any atom is -0.485 e. The van der Waals surface area contributed by atoms with Crippen LogP contribution < -0.4 is 15.0 Å². The van der Waals surface area contributed by atoms with E-state index < -0.39 is 16.6 Å². The van der Waals surface area contributed by atoms with Crippen LogP contribution in [-0.4, -0.2) is 22.2 Å². The highest BCUT2D eigenvalue weighted by Gasteiger charge is 2.26. The average molecular weight is 591 g/mol. The summed E-state index contributed by atoms with van der Waals surface area (Å²) < 4.78 is 12.3. The van der Waals surface area contributed by atoms with Crippen molar-refractivity contribution in [2.24, 2.45) is 4.99 Å². The largest absolute Gasteiger partial charge is 0.485 e. The fraction of sp³-hybridized carbons (Fsp3) is 0.107. The van der Waals surface area contributed by atoms with Crippen molar-refractivity contribution < 1.29 is 24.0 Å². The molecular weight excluding hydrogens is 568 g/mol. The van der Waals surface area contributed by atoms with E-state index in [0.29, 0.717) is 10.3 Å². The van der Waals surface area contributed by atoms with Gasteiger partial charge in [0.1, 0.15) is 24.2 Å². The van der Waals surface area contributed by atoms with Gasteiger partial charge in [-0.3, -0.25) is 10.1 Å². The van der Waals surface area contributed by atoms with E-state index in [-0.39, 0.29) is 30.3 Å². The van der Waals surface area contributed by atoms with Crippen LogP contribution in [0.2, 0.25) is 0 Å². The molecular formula is C28H23BrN4O6. The van der Waals surface area contributed by atoms with Gasteiger partial charge in [0.05, 0.1) is 16.2 Å². The summed E-state index contributed by atoms with van der Waals surface area (Å²) in [6.07, 6.45) is 1.16. The minimum atomic E-state index is -0.884. The number of ether oxygens (including phenoxy) is 2. The maximum absolute atomic E-state index is 12.8. The maximum atomic E-state index is 12.8. The Kier molecular flexibility index (Phi) is 9.20. The Morgan fingerprint density at radius 3 is 2.26 bits per heavy atom. The van der Waals surface area contributed by atoms with Crippen molar-refractivity contribution in [3.63, 3.8) is 0 Å². The number of aromatic nitrogens is 1. The summed E-state index contributed by atoms with van der Waals surface area (Å²) in [5.41, 5.74) is 4.73. The zero-order valence-electron chi connectivity index (χ0n) is 20.7. The van der Waals surface area contributed by atoms with E-state index in [2.05, 4.69) is 31.4 Å². The second-order valence-corrected chi connectivity index (χ2v) is 8.91. The lowest BCUT2D eigenvalue weighted by atomic mass is 10.1. The summed E-state index contributed by atoms with van der Waals surface area (Å²) in [6, 6.07) is 24.4. The number of nitro benzene ring substituents is 1. The second kappa shape index (κ2) is 13.2. The van der Waals surface area contributed by atoms with E-state index in [4.69, 9.17) is 14.3 Å². The Labute approximate surface area is 232 Å². The van der Waals surface area contributed by atoms with Gasteiger partial charge in [0.15, 0.2) is 5.75 Å². The highest BCUT2D eigenvalue weighted by molar-refractivity contribution is 9.10. The summed E-state index contributed by atoms with van der Waals surface area (Å²) in [7, 11) is 0. The van der Waals surface area contributed by atoms with E-state index in [1.807, 2.05) is 67.6 Å². The Balaban J connectivity index is 1.56. The summed E-state index contributed by atoms with van der Waals surface area (Å²) in [5.74, 6) is -0.952. The molecule has 4 aromatic rings. The van der Waals surface area contributed by atoms with Gasteiger partial charge in [-0.1, -0.05) is 60.7 Å². The van der Waals surface area contributed by atoms with Crippen molar-refractivity contribution in [1.82, 2.24) is 10.5 Å². The van der Waals surface area contributed by atoms with Crippen LogP contribution in [0, 0.1) is 17.0 Å². The molecule has 11 heteroatoms. The molecule has 0 saturated heterocycles. The molecule has 0 unspecified atom stereocenters. The molecule has 0 spiro atoms. The number of halogens is 1. The van der Waals surface area contributed by atoms with Crippen molar-refractivity contribution in [2.75, 3.05) is 0 Å². The number of hydrogen-bond acceptors (Lipinski definition) is 8. The second-order valence-electron chi connectivity index (χ2n) is 8.16. The van der Waals surface area contributed by atoms with E-state index >= 15 is 0 Å². The molecule has 39 heavy (non-hydrogen) atoms. The molecule has 0 aliphatic rings. The number of pyridine rings is 1. The van der Waals surface area contributed by atoms with Gasteiger partial charge in [0.2, 0.25) is 5.75 Å². The molecule has 4 rings (SSSR count). The van der Waals surface area contributed by atoms with Crippen LogP contribution >= 0.6 is 15.9 Å². The first kappa shape index (κ1) is 27.3. The fourth-order valence-electron chi connectivity index (χ4n) is 3.41. The monoisotopic (exact) mass is 590 g/mol. The zero-order chi connectivity index (χ0) is 27.6. The molecule has 0 saturated carbocycles. The Bertz CT molecular complexity index is 1480. The number of aryl methyl sites for hydroxylation is 1. The molecule has 10 nitrogen and oxygen atoms in total. The van der Waals surface area contributed by atoms with E-state index in [0.717, 1.165) is 29.2 Å². The first-order valence-corrected chi connectivity index (χ1v) is 12.5. The highest BCUT2D eigenvalue weighted by Crippen LogP contribution is 2.39. The number of hydrogen-bond donors (Lipinski definition) is 1. The molecule has 1 N–H and O–H groups in total. The average Bonchev–Trinajstić information content (AvgIpc) is 2.94. The van der Waals surface area contributed by atoms with Crippen molar-refractivity contribution in [3.8, 4) is 11.5 Å². The summed E-state index contributed by atoms with van der Waals surface area (Å²) in [6.45, 7) is 2.00. The molecule has 0 radical (unpaired) electrons. The third-order valence-corrected chi connectivity index (χ3v) is 5.89. The maximum Gasteiger partial charge on any atom is 0.363 e. The number of aliphatic imine (C=N–C) groups is 1. The van der Waals surface area contributed by atoms with E-state index in [9.17, 15) is 14.9 Å². The van der Waals surface area contributed by atoms with Crippen LogP contribution in [0.15, 0.2) is 94.5 Å². The first-order valence-electron chi connectivity index (χ1n) is 11.7. The predicted octanol–water partition coefficient (Wildman–Crippen LogP) is 6.24. The number of benzene rings is 3. The normalized spacial score (nSPS) is 10.7. The molecule has 1 heterocycles. The number of nitro groups is 1. The highest BCUT2D eigenvalue weighted by atomic mass is 79.9. The van der Waals surface area contributed by atoms with Crippen LogP contribution in [-0.2, 0) is 18.1 Å². The van der Waals surface area contributed by atoms with Gasteiger partial charge >= 0.3 is 11.7 Å². The lowest BCUT2D eigenvalue weighted by molar-refractivity contribution is -0.386. The molecule has 0 aliphatic heterocycles. The third kappa shape index (κ3) is 7.62. The van der Waals surface area contributed by atoms with Crippen molar-refractivity contribution >= 4 is 39.6 Å². The summed E-state index contributed by atoms with van der Waals surface area (Å²) in [4.78, 5) is 37.5. The van der Waals surface area contributed by atoms with Crippen molar-refractivity contribution in [1.29, 1.82) is 0 Å². The standard InChI is InChI=1S/C28H23BrN4O6/c1-19-12-13-23(27(29)32-19)30-18-31-39-28(34)22-14-24(33(35)36)26(38-17-21-10-6-3-7-11-21)25(15-22)37-16-20-8-4-2-5-9-20/h2-15,18H,16-17H2,1H3,(H,30,31). The zero-order valence-corrected chi connectivity index (χ0v) is 22.3. The van der Waals surface area contributed by atoms with Crippen LogP contribution in [0.3, 0.4) is 0 Å². The first-order chi connectivity index (χ1) is 18.9. The lowest BCUT2D eigenvalue weighted by Gasteiger charge is -2.15. The number of nitrogens with zero attached hydrogens (tertiary/aromatic N) is 3. The van der Waals surface area contributed by atoms with Crippen molar-refractivity contribution in [2.45, 2.75) is 20.1 Å². The van der Waals surface area contributed by atoms with E-state index in [1.165, 1.54) is 6.07 Å². The minimum absolute atomic E-state index is 0.0271. The van der Waals surface area contributed by atoms with Crippen LogP contribution in [0.5, 0.6) is 11.5 Å². The number of rotatable bonds is 11. The molecule has 1 aromatic heterocycles. The number of nitrogens with one attached hydrogen (secondary N) is 1. The van der Waals surface area contributed by atoms with Gasteiger partial charge in [-0.25, -0.2) is 20.3 Å². The SMILES string of the molecule is Cc1ccc(N=CNOC(=O)c2cc(OCc3ccccc3)c(OCc3ccccc3)c([N+](=O)[O-])c2)c(Br)n1. The van der Waals surface area contributed by atoms with Gasteiger partial charge < -0.3 is 14.3 Å². The Morgan fingerprint density at radius 1 is 1.00 bits per heavy atom. The molecule has 3 aromatic carbocycles. The topological polar surface area (TPSA) is 125 Å². The predicted molar refractivity (Wildman–Crippen MR) is 148 cm³/mol. The van der Waals surface area contributed by atoms with Crippen LogP contribution in [0.25, 0.3) is 0 Å². The van der Waals surface area contributed by atoms with Gasteiger partial charge in [0, 0.05) is 11.8 Å². The smallest absolute Gasteiger partial charge is 0.363 e. The molecule has 0 amide bonds. The molecule has 0 bridgehead atoms. The molecule has 198 valence electrons. The lowest BCUT2D eigenvalue weighted by Crippen LogP contribution is -2.18. The number of carbonyl (C=O) groups is 1. The molecule has 0 atom stereocenters. The van der Waals surface area contributed by atoms with Crippen LogP contribution in [0.4, 0.5) is 11.4 Å². The Morgan fingerprint density at radius 2 is 1.64 bits per heavy atom. The summed E-state index contributed by atoms with van der Waals surface area (Å²) >= 11 is 3.31. The Hall–Kier alpha value is -4.77. The van der Waals surface area contributed by atoms with Gasteiger partial charge in [-0.15, -0.1) is 0 Å². The van der Waals surface area contributed by atoms with E-state index in [1.54, 1.807) is 12.1 Å². The fourth-order valence-corrected chi connectivity index (χ4v) is 3.92. The molecule has 0 fully saturated rings. The molecule has 0 aliphatic carbocycles. The van der Waals surface area contributed by atoms with Gasteiger partial charge in [-0.2, -0.15) is 0 Å². The van der Waals surface area contributed by atoms with Gasteiger partial charge in [-0.05, 0) is 52.2 Å². The summed E-state index contributed by atoms with van der Waals surface area (Å²) in [5, 5.41) is 12.0. The van der Waals surface area contributed by atoms with Crippen LogP contribution in [0.1, 0.15) is 27.2 Å². The van der Waals surface area contributed by atoms with Crippen molar-refractivity contribution in [3.05, 3.63) is 122 Å². The number of hydroxylamine groups is 1. The number of carbonyl (C=O) groups excluding carboxylic acids is 1. The third-order valence-electron chi connectivity index (χ3n) is 5.31. The quantitative estimate of drug-likeness (QED) is 0.0715.